The van der Waals surface area contributed by atoms with E-state index in [1.54, 1.807) is 12.1 Å². The van der Waals surface area contributed by atoms with E-state index in [0.29, 0.717) is 11.9 Å². The Hall–Kier alpha value is -1.65. The van der Waals surface area contributed by atoms with Gasteiger partial charge in [0.1, 0.15) is 0 Å². The molecule has 2 aromatic rings. The van der Waals surface area contributed by atoms with Crippen molar-refractivity contribution < 1.29 is 14.4 Å². The smallest absolute Gasteiger partial charge is 0.421 e. The summed E-state index contributed by atoms with van der Waals surface area (Å²) < 4.78 is 12.1. The molecule has 1 N–H and O–H groups in total. The lowest BCUT2D eigenvalue weighted by Crippen LogP contribution is -2.34. The molecule has 0 radical (unpaired) electrons. The van der Waals surface area contributed by atoms with E-state index < -0.39 is 7.12 Å². The van der Waals surface area contributed by atoms with Crippen LogP contribution in [-0.4, -0.2) is 12.1 Å². The first kappa shape index (κ1) is 10.5. The molecule has 3 rings (SSSR count). The van der Waals surface area contributed by atoms with E-state index in [0.717, 1.165) is 16.7 Å². The van der Waals surface area contributed by atoms with Gasteiger partial charge in [0.05, 0.1) is 0 Å². The zero-order valence-corrected chi connectivity index (χ0v) is 9.06. The zero-order chi connectivity index (χ0) is 11.8. The minimum atomic E-state index is -1.50. The fourth-order valence-electron chi connectivity index (χ4n) is 2.46. The molecule has 1 aliphatic rings. The molecule has 0 fully saturated rings. The van der Waals surface area contributed by atoms with Crippen LogP contribution in [0.5, 0.6) is 0 Å². The van der Waals surface area contributed by atoms with Gasteiger partial charge in [-0.05, 0) is 34.1 Å². The van der Waals surface area contributed by atoms with E-state index in [2.05, 4.69) is 4.86 Å². The van der Waals surface area contributed by atoms with Crippen molar-refractivity contribution in [3.05, 3.63) is 53.6 Å². The highest BCUT2D eigenvalue weighted by Crippen LogP contribution is 2.35. The molecule has 84 valence electrons. The summed E-state index contributed by atoms with van der Waals surface area (Å²) in [5, 5.41) is 9.48. The van der Waals surface area contributed by atoms with Crippen LogP contribution in [0.2, 0.25) is 0 Å². The normalized spacial score (nSPS) is 12.1. The van der Waals surface area contributed by atoms with Crippen LogP contribution in [0, 0.1) is 0 Å². The number of rotatable bonds is 2. The van der Waals surface area contributed by atoms with Crippen molar-refractivity contribution in [3.8, 4) is 11.1 Å². The number of hydrogen-bond acceptors (Lipinski definition) is 2. The maximum absolute atomic E-state index is 12.1. The maximum Gasteiger partial charge on any atom is 0.530 e. The van der Waals surface area contributed by atoms with E-state index in [1.165, 1.54) is 5.56 Å². The SMILES string of the molecule is OB(OF)c1cccc2c1Cc1ccccc1-2. The third-order valence-electron chi connectivity index (χ3n) is 3.24. The summed E-state index contributed by atoms with van der Waals surface area (Å²) in [4.78, 5) is 3.52. The molecule has 1 aliphatic carbocycles. The fourth-order valence-corrected chi connectivity index (χ4v) is 2.46. The summed E-state index contributed by atoms with van der Waals surface area (Å²) >= 11 is 0. The molecule has 0 heterocycles. The highest BCUT2D eigenvalue weighted by atomic mass is 19.3. The summed E-state index contributed by atoms with van der Waals surface area (Å²) in [6.07, 6.45) is 0.710. The topological polar surface area (TPSA) is 29.5 Å². The van der Waals surface area contributed by atoms with Gasteiger partial charge in [0.15, 0.2) is 0 Å². The van der Waals surface area contributed by atoms with E-state index in [-0.39, 0.29) is 0 Å². The molecule has 0 aliphatic heterocycles. The fraction of sp³-hybridized carbons (Fsp3) is 0.0769. The van der Waals surface area contributed by atoms with Gasteiger partial charge in [-0.3, -0.25) is 0 Å². The van der Waals surface area contributed by atoms with Gasteiger partial charge in [0.2, 0.25) is 0 Å². The lowest BCUT2D eigenvalue weighted by atomic mass is 9.75. The Morgan fingerprint density at radius 1 is 1.06 bits per heavy atom. The second-order valence-electron chi connectivity index (χ2n) is 4.15. The van der Waals surface area contributed by atoms with Gasteiger partial charge in [-0.15, -0.1) is 0 Å². The van der Waals surface area contributed by atoms with Gasteiger partial charge in [-0.25, -0.2) is 4.86 Å². The highest BCUT2D eigenvalue weighted by molar-refractivity contribution is 6.60. The summed E-state index contributed by atoms with van der Waals surface area (Å²) in [7, 11) is -1.50. The van der Waals surface area contributed by atoms with E-state index in [9.17, 15) is 9.55 Å². The lowest BCUT2D eigenvalue weighted by Gasteiger charge is -2.07. The molecule has 0 saturated heterocycles. The third kappa shape index (κ3) is 1.57. The molecule has 2 nitrogen and oxygen atoms in total. The van der Waals surface area contributed by atoms with E-state index in [1.807, 2.05) is 30.3 Å². The van der Waals surface area contributed by atoms with Crippen molar-refractivity contribution in [2.45, 2.75) is 6.42 Å². The summed E-state index contributed by atoms with van der Waals surface area (Å²) in [5.74, 6) is 0. The number of halogens is 1. The standard InChI is InChI=1S/C13H10BFO2/c15-17-14(16)13-7-3-6-11-10-5-2-1-4-9(10)8-12(11)13/h1-7,16H,8H2. The Bertz CT molecular complexity index is 571. The van der Waals surface area contributed by atoms with E-state index >= 15 is 0 Å². The van der Waals surface area contributed by atoms with Crippen molar-refractivity contribution in [1.82, 2.24) is 0 Å². The van der Waals surface area contributed by atoms with Gasteiger partial charge in [-0.2, -0.15) is 0 Å². The Balaban J connectivity index is 2.17. The van der Waals surface area contributed by atoms with Gasteiger partial charge in [0, 0.05) is 0 Å². The van der Waals surface area contributed by atoms with Crippen LogP contribution in [0.25, 0.3) is 11.1 Å². The molecule has 0 spiro atoms. The van der Waals surface area contributed by atoms with Crippen molar-refractivity contribution >= 4 is 12.6 Å². The van der Waals surface area contributed by atoms with Crippen molar-refractivity contribution in [2.24, 2.45) is 0 Å². The number of benzene rings is 2. The first-order valence-electron chi connectivity index (χ1n) is 5.47. The zero-order valence-electron chi connectivity index (χ0n) is 9.06. The minimum absolute atomic E-state index is 0.501. The molecule has 0 aromatic heterocycles. The Morgan fingerprint density at radius 2 is 1.82 bits per heavy atom. The monoisotopic (exact) mass is 228 g/mol. The molecule has 0 bridgehead atoms. The first-order chi connectivity index (χ1) is 8.31. The lowest BCUT2D eigenvalue weighted by molar-refractivity contribution is -0.0267. The molecule has 0 unspecified atom stereocenters. The molecule has 0 atom stereocenters. The Morgan fingerprint density at radius 3 is 2.65 bits per heavy atom. The Kier molecular flexibility index (Phi) is 2.46. The van der Waals surface area contributed by atoms with Crippen LogP contribution in [-0.2, 0) is 11.3 Å². The summed E-state index contributed by atoms with van der Waals surface area (Å²) in [6, 6.07) is 13.5. The molecule has 17 heavy (non-hydrogen) atoms. The Labute approximate surface area is 98.7 Å². The van der Waals surface area contributed by atoms with E-state index in [4.69, 9.17) is 0 Å². The third-order valence-corrected chi connectivity index (χ3v) is 3.24. The molecule has 0 amide bonds. The van der Waals surface area contributed by atoms with Gasteiger partial charge in [0.25, 0.3) is 0 Å². The first-order valence-corrected chi connectivity index (χ1v) is 5.47. The van der Waals surface area contributed by atoms with Crippen molar-refractivity contribution in [2.75, 3.05) is 0 Å². The van der Waals surface area contributed by atoms with Crippen LogP contribution < -0.4 is 5.46 Å². The molecular weight excluding hydrogens is 218 g/mol. The minimum Gasteiger partial charge on any atom is -0.421 e. The predicted molar refractivity (Wildman–Crippen MR) is 64.5 cm³/mol. The second kappa shape index (κ2) is 3.98. The van der Waals surface area contributed by atoms with Crippen LogP contribution in [0.4, 0.5) is 4.53 Å². The molecule has 0 saturated carbocycles. The molecule has 2 aromatic carbocycles. The number of fused-ring (bicyclic) bond motifs is 3. The van der Waals surface area contributed by atoms with Crippen LogP contribution >= 0.6 is 0 Å². The second-order valence-corrected chi connectivity index (χ2v) is 4.15. The molecular formula is C13H10BFO2. The van der Waals surface area contributed by atoms with Gasteiger partial charge in [-0.1, -0.05) is 47.0 Å². The molecule has 4 heteroatoms. The average Bonchev–Trinajstić information content (AvgIpc) is 2.76. The maximum atomic E-state index is 12.1. The van der Waals surface area contributed by atoms with Crippen LogP contribution in [0.1, 0.15) is 11.1 Å². The van der Waals surface area contributed by atoms with Crippen molar-refractivity contribution in [3.63, 3.8) is 0 Å². The van der Waals surface area contributed by atoms with Gasteiger partial charge >= 0.3 is 7.12 Å². The predicted octanol–water partition coefficient (Wildman–Crippen LogP) is 1.85. The summed E-state index contributed by atoms with van der Waals surface area (Å²) in [5.41, 5.74) is 4.84. The number of hydrogen-bond donors (Lipinski definition) is 1. The quantitative estimate of drug-likeness (QED) is 0.678. The summed E-state index contributed by atoms with van der Waals surface area (Å²) in [6.45, 7) is 0. The van der Waals surface area contributed by atoms with Crippen LogP contribution in [0.15, 0.2) is 42.5 Å². The largest absolute Gasteiger partial charge is 0.530 e. The van der Waals surface area contributed by atoms with Gasteiger partial charge < -0.3 is 5.02 Å². The van der Waals surface area contributed by atoms with Crippen LogP contribution in [0.3, 0.4) is 0 Å². The van der Waals surface area contributed by atoms with Crippen molar-refractivity contribution in [1.29, 1.82) is 0 Å². The average molecular weight is 228 g/mol. The highest BCUT2D eigenvalue weighted by Gasteiger charge is 2.27.